The Morgan fingerprint density at radius 1 is 1.14 bits per heavy atom. The molecule has 1 N–H and O–H groups in total. The van der Waals surface area contributed by atoms with Crippen LogP contribution in [0.5, 0.6) is 5.75 Å². The molecule has 0 bridgehead atoms. The van der Waals surface area contributed by atoms with Crippen molar-refractivity contribution in [2.75, 3.05) is 25.0 Å². The second kappa shape index (κ2) is 9.29. The number of hydrogen-bond acceptors (Lipinski definition) is 6. The van der Waals surface area contributed by atoms with Crippen molar-refractivity contribution in [3.05, 3.63) is 58.6 Å². The number of rotatable bonds is 9. The highest BCUT2D eigenvalue weighted by Crippen LogP contribution is 2.20. The summed E-state index contributed by atoms with van der Waals surface area (Å²) in [6, 6.07) is 11.3. The summed E-state index contributed by atoms with van der Waals surface area (Å²) in [7, 11) is -3.63. The maximum Gasteiger partial charge on any atom is 0.269 e. The van der Waals surface area contributed by atoms with E-state index in [1.807, 2.05) is 0 Å². The lowest BCUT2D eigenvalue weighted by Crippen LogP contribution is -2.30. The number of ether oxygens (including phenoxy) is 1. The van der Waals surface area contributed by atoms with Crippen molar-refractivity contribution in [2.24, 2.45) is 0 Å². The second-order valence-corrected chi connectivity index (χ2v) is 7.64. The molecule has 0 radical (unpaired) electrons. The van der Waals surface area contributed by atoms with Crippen LogP contribution in [0.25, 0.3) is 0 Å². The summed E-state index contributed by atoms with van der Waals surface area (Å²) in [4.78, 5) is 22.2. The number of nitro groups is 1. The maximum absolute atomic E-state index is 12.6. The molecule has 0 saturated heterocycles. The molecule has 150 valence electrons. The van der Waals surface area contributed by atoms with Crippen molar-refractivity contribution in [1.29, 1.82) is 0 Å². The number of sulfonamides is 1. The number of anilines is 1. The molecule has 0 aliphatic rings. The van der Waals surface area contributed by atoms with E-state index in [1.165, 1.54) is 40.7 Å². The van der Waals surface area contributed by atoms with Gasteiger partial charge in [0.15, 0.2) is 6.61 Å². The fourth-order valence-electron chi connectivity index (χ4n) is 2.46. The lowest BCUT2D eigenvalue weighted by atomic mass is 10.3. The Balaban J connectivity index is 2.01. The standard InChI is InChI=1S/C18H21N3O6S/c1-3-20(4-2)28(25,26)17-7-5-6-14(12-17)19-18(22)13-27-16-10-8-15(9-11-16)21(23)24/h5-12H,3-4,13H2,1-2H3,(H,19,22). The molecule has 0 atom stereocenters. The zero-order valence-electron chi connectivity index (χ0n) is 15.5. The Hall–Kier alpha value is -2.98. The minimum Gasteiger partial charge on any atom is -0.484 e. The molecule has 0 unspecified atom stereocenters. The third-order valence-electron chi connectivity index (χ3n) is 3.88. The van der Waals surface area contributed by atoms with Gasteiger partial charge in [-0.1, -0.05) is 19.9 Å². The van der Waals surface area contributed by atoms with Crippen LogP contribution < -0.4 is 10.1 Å². The monoisotopic (exact) mass is 407 g/mol. The lowest BCUT2D eigenvalue weighted by molar-refractivity contribution is -0.384. The largest absolute Gasteiger partial charge is 0.484 e. The third-order valence-corrected chi connectivity index (χ3v) is 5.92. The van der Waals surface area contributed by atoms with Crippen LogP contribution in [0, 0.1) is 10.1 Å². The van der Waals surface area contributed by atoms with E-state index in [2.05, 4.69) is 5.32 Å². The molecule has 10 heteroatoms. The normalized spacial score (nSPS) is 11.2. The van der Waals surface area contributed by atoms with E-state index in [9.17, 15) is 23.3 Å². The number of nitrogens with zero attached hydrogens (tertiary/aromatic N) is 2. The van der Waals surface area contributed by atoms with Crippen LogP contribution in [0.3, 0.4) is 0 Å². The fraction of sp³-hybridized carbons (Fsp3) is 0.278. The highest BCUT2D eigenvalue weighted by Gasteiger charge is 2.21. The minimum atomic E-state index is -3.63. The molecule has 2 rings (SSSR count). The minimum absolute atomic E-state index is 0.0805. The van der Waals surface area contributed by atoms with E-state index >= 15 is 0 Å². The Morgan fingerprint density at radius 3 is 2.36 bits per heavy atom. The number of non-ortho nitro benzene ring substituents is 1. The van der Waals surface area contributed by atoms with Gasteiger partial charge >= 0.3 is 0 Å². The van der Waals surface area contributed by atoms with Gasteiger partial charge in [0.05, 0.1) is 9.82 Å². The molecule has 0 aromatic heterocycles. The molecule has 9 nitrogen and oxygen atoms in total. The van der Waals surface area contributed by atoms with E-state index in [4.69, 9.17) is 4.74 Å². The molecule has 2 aromatic carbocycles. The first-order valence-corrected chi connectivity index (χ1v) is 9.99. The van der Waals surface area contributed by atoms with Crippen LogP contribution in [0.4, 0.5) is 11.4 Å². The highest BCUT2D eigenvalue weighted by molar-refractivity contribution is 7.89. The molecule has 0 aliphatic carbocycles. The van der Waals surface area contributed by atoms with Crippen molar-refractivity contribution >= 4 is 27.3 Å². The summed E-state index contributed by atoms with van der Waals surface area (Å²) in [5.41, 5.74) is 0.244. The maximum atomic E-state index is 12.6. The molecular formula is C18H21N3O6S. The molecule has 0 heterocycles. The zero-order chi connectivity index (χ0) is 20.7. The molecule has 0 aliphatic heterocycles. The van der Waals surface area contributed by atoms with Gasteiger partial charge in [0.1, 0.15) is 5.75 Å². The van der Waals surface area contributed by atoms with Crippen LogP contribution in [-0.2, 0) is 14.8 Å². The van der Waals surface area contributed by atoms with Gasteiger partial charge in [0.2, 0.25) is 10.0 Å². The van der Waals surface area contributed by atoms with Crippen LogP contribution in [0.15, 0.2) is 53.4 Å². The summed E-state index contributed by atoms with van der Waals surface area (Å²) >= 11 is 0. The number of benzene rings is 2. The van der Waals surface area contributed by atoms with Crippen molar-refractivity contribution in [1.82, 2.24) is 4.31 Å². The van der Waals surface area contributed by atoms with Crippen LogP contribution in [0.2, 0.25) is 0 Å². The highest BCUT2D eigenvalue weighted by atomic mass is 32.2. The van der Waals surface area contributed by atoms with E-state index in [0.29, 0.717) is 24.5 Å². The van der Waals surface area contributed by atoms with Gasteiger partial charge < -0.3 is 10.1 Å². The summed E-state index contributed by atoms with van der Waals surface area (Å²) in [5, 5.41) is 13.2. The molecule has 1 amide bonds. The summed E-state index contributed by atoms with van der Waals surface area (Å²) < 4.78 is 31.7. The van der Waals surface area contributed by atoms with Crippen molar-refractivity contribution in [2.45, 2.75) is 18.7 Å². The van der Waals surface area contributed by atoms with Crippen molar-refractivity contribution < 1.29 is 22.9 Å². The van der Waals surface area contributed by atoms with E-state index in [0.717, 1.165) is 0 Å². The molecule has 28 heavy (non-hydrogen) atoms. The predicted molar refractivity (Wildman–Crippen MR) is 104 cm³/mol. The van der Waals surface area contributed by atoms with Gasteiger partial charge in [0, 0.05) is 30.9 Å². The van der Waals surface area contributed by atoms with Gasteiger partial charge in [-0.05, 0) is 30.3 Å². The molecule has 0 spiro atoms. The van der Waals surface area contributed by atoms with Gasteiger partial charge in [0.25, 0.3) is 11.6 Å². The lowest BCUT2D eigenvalue weighted by Gasteiger charge is -2.18. The van der Waals surface area contributed by atoms with Crippen LogP contribution >= 0.6 is 0 Å². The number of carbonyl (C=O) groups excluding carboxylic acids is 1. The Kier molecular flexibility index (Phi) is 7.07. The number of carbonyl (C=O) groups is 1. The topological polar surface area (TPSA) is 119 Å². The molecule has 2 aromatic rings. The van der Waals surface area contributed by atoms with Crippen LogP contribution in [0.1, 0.15) is 13.8 Å². The average Bonchev–Trinajstić information content (AvgIpc) is 2.67. The Bertz CT molecular complexity index is 940. The van der Waals surface area contributed by atoms with E-state index in [1.54, 1.807) is 26.0 Å². The number of amides is 1. The van der Waals surface area contributed by atoms with E-state index in [-0.39, 0.29) is 17.2 Å². The number of hydrogen-bond donors (Lipinski definition) is 1. The summed E-state index contributed by atoms with van der Waals surface area (Å²) in [6.45, 7) is 3.87. The second-order valence-electron chi connectivity index (χ2n) is 5.71. The first-order valence-electron chi connectivity index (χ1n) is 8.55. The number of nitro benzene ring substituents is 1. The first kappa shape index (κ1) is 21.3. The first-order chi connectivity index (χ1) is 13.3. The van der Waals surface area contributed by atoms with Gasteiger partial charge in [-0.3, -0.25) is 14.9 Å². The fourth-order valence-corrected chi connectivity index (χ4v) is 3.96. The summed E-state index contributed by atoms with van der Waals surface area (Å²) in [6.07, 6.45) is 0. The molecule has 0 saturated carbocycles. The van der Waals surface area contributed by atoms with Crippen molar-refractivity contribution in [3.63, 3.8) is 0 Å². The Morgan fingerprint density at radius 2 is 1.79 bits per heavy atom. The van der Waals surface area contributed by atoms with Gasteiger partial charge in [-0.25, -0.2) is 8.42 Å². The van der Waals surface area contributed by atoms with Crippen LogP contribution in [-0.4, -0.2) is 43.2 Å². The predicted octanol–water partition coefficient (Wildman–Crippen LogP) is 2.64. The Labute approximate surface area is 163 Å². The van der Waals surface area contributed by atoms with E-state index < -0.39 is 20.9 Å². The third kappa shape index (κ3) is 5.27. The SMILES string of the molecule is CCN(CC)S(=O)(=O)c1cccc(NC(=O)COc2ccc([N+](=O)[O-])cc2)c1. The smallest absolute Gasteiger partial charge is 0.269 e. The zero-order valence-corrected chi connectivity index (χ0v) is 16.3. The van der Waals surface area contributed by atoms with Gasteiger partial charge in [-0.15, -0.1) is 0 Å². The molecule has 0 fully saturated rings. The van der Waals surface area contributed by atoms with Crippen molar-refractivity contribution in [3.8, 4) is 5.75 Å². The molecular weight excluding hydrogens is 386 g/mol. The average molecular weight is 407 g/mol. The van der Waals surface area contributed by atoms with Gasteiger partial charge in [-0.2, -0.15) is 4.31 Å². The quantitative estimate of drug-likeness (QED) is 0.504. The number of nitrogens with one attached hydrogen (secondary N) is 1. The summed E-state index contributed by atoms with van der Waals surface area (Å²) in [5.74, 6) is -0.186.